The van der Waals surface area contributed by atoms with Crippen LogP contribution in [0.3, 0.4) is 0 Å². The number of carbonyl (C=O) groups excluding carboxylic acids is 1. The molecule has 2 saturated heterocycles. The molecule has 2 heterocycles. The van der Waals surface area contributed by atoms with Gasteiger partial charge in [-0.15, -0.1) is 0 Å². The number of nitriles is 1. The van der Waals surface area contributed by atoms with Gasteiger partial charge in [0, 0.05) is 31.8 Å². The lowest BCUT2D eigenvalue weighted by molar-refractivity contribution is 0.0730. The first-order chi connectivity index (χ1) is 16.0. The summed E-state index contributed by atoms with van der Waals surface area (Å²) < 4.78 is 38.6. The molecule has 2 aromatic carbocycles. The van der Waals surface area contributed by atoms with E-state index >= 15 is 0 Å². The van der Waals surface area contributed by atoms with Gasteiger partial charge in [-0.25, -0.2) is 8.42 Å². The van der Waals surface area contributed by atoms with E-state index in [1.165, 1.54) is 10.4 Å². The Balaban J connectivity index is 1.60. The summed E-state index contributed by atoms with van der Waals surface area (Å²) in [6.45, 7) is 2.55. The van der Waals surface area contributed by atoms with Crippen LogP contribution in [0.4, 0.5) is 11.4 Å². The number of nitrogens with one attached hydrogen (secondary N) is 2. The third-order valence-electron chi connectivity index (χ3n) is 5.67. The fraction of sp³-hybridized carbons (Fsp3) is 0.391. The average Bonchev–Trinajstić information content (AvgIpc) is 3.37. The van der Waals surface area contributed by atoms with Gasteiger partial charge in [0.15, 0.2) is 0 Å². The smallest absolute Gasteiger partial charge is 0.255 e. The lowest BCUT2D eigenvalue weighted by Crippen LogP contribution is -2.40. The fourth-order valence-corrected chi connectivity index (χ4v) is 5.23. The molecule has 0 aliphatic carbocycles. The molecule has 4 rings (SSSR count). The molecular formula is C23H26N4O5S. The van der Waals surface area contributed by atoms with Crippen molar-refractivity contribution in [1.29, 1.82) is 5.26 Å². The lowest BCUT2D eigenvalue weighted by atomic mass is 10.1. The van der Waals surface area contributed by atoms with Crippen molar-refractivity contribution in [3.05, 3.63) is 53.6 Å². The van der Waals surface area contributed by atoms with Gasteiger partial charge in [-0.1, -0.05) is 0 Å². The minimum absolute atomic E-state index is 0.0730. The van der Waals surface area contributed by atoms with Crippen LogP contribution in [0.15, 0.2) is 47.4 Å². The van der Waals surface area contributed by atoms with E-state index in [1.54, 1.807) is 36.4 Å². The van der Waals surface area contributed by atoms with Gasteiger partial charge < -0.3 is 20.1 Å². The molecule has 0 bridgehead atoms. The highest BCUT2D eigenvalue weighted by molar-refractivity contribution is 7.89. The number of sulfonamides is 1. The summed E-state index contributed by atoms with van der Waals surface area (Å²) >= 11 is 0. The summed E-state index contributed by atoms with van der Waals surface area (Å²) in [5.41, 5.74) is 1.77. The molecule has 2 N–H and O–H groups in total. The van der Waals surface area contributed by atoms with E-state index in [0.717, 1.165) is 19.4 Å². The van der Waals surface area contributed by atoms with E-state index in [2.05, 4.69) is 10.6 Å². The molecule has 1 amide bonds. The number of hydrogen-bond donors (Lipinski definition) is 2. The number of morpholine rings is 1. The monoisotopic (exact) mass is 470 g/mol. The molecule has 0 saturated carbocycles. The van der Waals surface area contributed by atoms with Crippen molar-refractivity contribution in [2.45, 2.75) is 23.8 Å². The van der Waals surface area contributed by atoms with Crippen molar-refractivity contribution in [2.75, 3.05) is 50.1 Å². The summed E-state index contributed by atoms with van der Waals surface area (Å²) in [4.78, 5) is 13.0. The summed E-state index contributed by atoms with van der Waals surface area (Å²) in [6.07, 6.45) is 2.03. The van der Waals surface area contributed by atoms with Crippen molar-refractivity contribution >= 4 is 27.3 Å². The zero-order chi connectivity index (χ0) is 23.3. The van der Waals surface area contributed by atoms with Gasteiger partial charge in [0.2, 0.25) is 10.0 Å². The van der Waals surface area contributed by atoms with Gasteiger partial charge >= 0.3 is 0 Å². The Morgan fingerprint density at radius 3 is 2.52 bits per heavy atom. The van der Waals surface area contributed by atoms with Gasteiger partial charge in [-0.05, 0) is 55.3 Å². The first-order valence-corrected chi connectivity index (χ1v) is 12.3. The Kier molecular flexibility index (Phi) is 7.25. The van der Waals surface area contributed by atoms with Crippen LogP contribution in [0.5, 0.6) is 0 Å². The quantitative estimate of drug-likeness (QED) is 0.637. The highest BCUT2D eigenvalue weighted by Gasteiger charge is 2.27. The lowest BCUT2D eigenvalue weighted by Gasteiger charge is -2.26. The molecule has 0 radical (unpaired) electrons. The van der Waals surface area contributed by atoms with Crippen LogP contribution in [0.2, 0.25) is 0 Å². The number of carbonyl (C=O) groups is 1. The van der Waals surface area contributed by atoms with Crippen molar-refractivity contribution < 1.29 is 22.7 Å². The van der Waals surface area contributed by atoms with Crippen molar-refractivity contribution in [1.82, 2.24) is 4.31 Å². The largest absolute Gasteiger partial charge is 0.381 e. The van der Waals surface area contributed by atoms with Crippen LogP contribution in [0.1, 0.15) is 28.8 Å². The molecule has 2 aliphatic heterocycles. The standard InChI is InChI=1S/C23H26N4O5S/c24-15-17-3-5-18(6-4-17)23(28)26-22-14-20(33(29,30)27-9-12-31-13-10-27)7-8-21(22)25-16-19-2-1-11-32-19/h3-8,14,19,25H,1-2,9-13,16H2,(H,26,28)/t19-/m0/s1. The number of anilines is 2. The van der Waals surface area contributed by atoms with Gasteiger partial charge in [0.05, 0.1) is 47.2 Å². The second kappa shape index (κ2) is 10.3. The van der Waals surface area contributed by atoms with Crippen LogP contribution in [-0.2, 0) is 19.5 Å². The maximum atomic E-state index is 13.1. The number of ether oxygens (including phenoxy) is 2. The van der Waals surface area contributed by atoms with Gasteiger partial charge in [0.25, 0.3) is 5.91 Å². The summed E-state index contributed by atoms with van der Waals surface area (Å²) in [5, 5.41) is 15.1. The molecular weight excluding hydrogens is 444 g/mol. The zero-order valence-electron chi connectivity index (χ0n) is 18.1. The topological polar surface area (TPSA) is 121 Å². The Labute approximate surface area is 193 Å². The number of nitrogens with zero attached hydrogens (tertiary/aromatic N) is 2. The Morgan fingerprint density at radius 2 is 1.85 bits per heavy atom. The second-order valence-electron chi connectivity index (χ2n) is 7.88. The Bertz CT molecular complexity index is 1130. The molecule has 174 valence electrons. The molecule has 33 heavy (non-hydrogen) atoms. The fourth-order valence-electron chi connectivity index (χ4n) is 3.80. The number of hydrogen-bond acceptors (Lipinski definition) is 7. The van der Waals surface area contributed by atoms with Crippen molar-refractivity contribution in [3.63, 3.8) is 0 Å². The summed E-state index contributed by atoms with van der Waals surface area (Å²) in [7, 11) is -3.73. The number of rotatable bonds is 7. The molecule has 2 aromatic rings. The number of benzene rings is 2. The first-order valence-electron chi connectivity index (χ1n) is 10.9. The predicted octanol–water partition coefficient (Wildman–Crippen LogP) is 2.42. The van der Waals surface area contributed by atoms with Gasteiger partial charge in [-0.2, -0.15) is 9.57 Å². The van der Waals surface area contributed by atoms with Crippen molar-refractivity contribution in [3.8, 4) is 6.07 Å². The SMILES string of the molecule is N#Cc1ccc(C(=O)Nc2cc(S(=O)(=O)N3CCOCC3)ccc2NC[C@@H]2CCCO2)cc1. The predicted molar refractivity (Wildman–Crippen MR) is 123 cm³/mol. The molecule has 0 spiro atoms. The molecule has 2 fully saturated rings. The maximum absolute atomic E-state index is 13.1. The van der Waals surface area contributed by atoms with E-state index in [0.29, 0.717) is 42.3 Å². The molecule has 0 unspecified atom stereocenters. The highest BCUT2D eigenvalue weighted by Crippen LogP contribution is 2.29. The van der Waals surface area contributed by atoms with E-state index in [9.17, 15) is 13.2 Å². The van der Waals surface area contributed by atoms with E-state index < -0.39 is 15.9 Å². The van der Waals surface area contributed by atoms with Gasteiger partial charge in [-0.3, -0.25) is 4.79 Å². The van der Waals surface area contributed by atoms with Crippen LogP contribution in [-0.4, -0.2) is 64.2 Å². The van der Waals surface area contributed by atoms with Crippen LogP contribution in [0.25, 0.3) is 0 Å². The van der Waals surface area contributed by atoms with Crippen molar-refractivity contribution in [2.24, 2.45) is 0 Å². The molecule has 10 heteroatoms. The summed E-state index contributed by atoms with van der Waals surface area (Å²) in [6, 6.07) is 12.9. The average molecular weight is 471 g/mol. The van der Waals surface area contributed by atoms with E-state index in [4.69, 9.17) is 14.7 Å². The zero-order valence-corrected chi connectivity index (χ0v) is 18.9. The third kappa shape index (κ3) is 5.51. The first kappa shape index (κ1) is 23.2. The van der Waals surface area contributed by atoms with E-state index in [1.807, 2.05) is 6.07 Å². The maximum Gasteiger partial charge on any atom is 0.255 e. The highest BCUT2D eigenvalue weighted by atomic mass is 32.2. The molecule has 1 atom stereocenters. The minimum Gasteiger partial charge on any atom is -0.381 e. The van der Waals surface area contributed by atoms with Crippen LogP contribution in [0, 0.1) is 11.3 Å². The normalized spacial score (nSPS) is 19.1. The Hall–Kier alpha value is -2.97. The molecule has 2 aliphatic rings. The van der Waals surface area contributed by atoms with E-state index in [-0.39, 0.29) is 24.1 Å². The van der Waals surface area contributed by atoms with Crippen LogP contribution < -0.4 is 10.6 Å². The van der Waals surface area contributed by atoms with Crippen LogP contribution >= 0.6 is 0 Å². The van der Waals surface area contributed by atoms with Gasteiger partial charge in [0.1, 0.15) is 0 Å². The Morgan fingerprint density at radius 1 is 1.09 bits per heavy atom. The minimum atomic E-state index is -3.73. The number of amides is 1. The molecule has 0 aromatic heterocycles. The second-order valence-corrected chi connectivity index (χ2v) is 9.82. The molecule has 9 nitrogen and oxygen atoms in total. The summed E-state index contributed by atoms with van der Waals surface area (Å²) in [5.74, 6) is -0.402. The third-order valence-corrected chi connectivity index (χ3v) is 7.56.